The highest BCUT2D eigenvalue weighted by molar-refractivity contribution is 5.76. The molecule has 1 aromatic rings. The van der Waals surface area contributed by atoms with Gasteiger partial charge in [0.05, 0.1) is 12.7 Å². The van der Waals surface area contributed by atoms with Crippen molar-refractivity contribution in [3.05, 3.63) is 29.8 Å². The van der Waals surface area contributed by atoms with Crippen molar-refractivity contribution in [1.82, 2.24) is 9.80 Å². The third kappa shape index (κ3) is 4.46. The van der Waals surface area contributed by atoms with Gasteiger partial charge in [-0.3, -0.25) is 9.69 Å². The summed E-state index contributed by atoms with van der Waals surface area (Å²) in [6.45, 7) is 7.48. The van der Waals surface area contributed by atoms with Gasteiger partial charge in [-0.05, 0) is 31.0 Å². The molecule has 0 radical (unpaired) electrons. The Morgan fingerprint density at radius 3 is 2.39 bits per heavy atom. The zero-order valence-corrected chi connectivity index (χ0v) is 14.0. The number of nitriles is 1. The quantitative estimate of drug-likeness (QED) is 0.809. The fraction of sp³-hybridized carbons (Fsp3) is 0.556. The fourth-order valence-electron chi connectivity index (χ4n) is 2.88. The molecule has 1 aliphatic heterocycles. The molecule has 0 saturated carbocycles. The van der Waals surface area contributed by atoms with Crippen LogP contribution in [0.1, 0.15) is 38.3 Å². The zero-order chi connectivity index (χ0) is 16.7. The van der Waals surface area contributed by atoms with E-state index < -0.39 is 0 Å². The van der Waals surface area contributed by atoms with Gasteiger partial charge in [-0.15, -0.1) is 0 Å². The molecule has 1 heterocycles. The number of carbonyl (C=O) groups excluding carboxylic acids is 1. The Morgan fingerprint density at radius 1 is 1.22 bits per heavy atom. The van der Waals surface area contributed by atoms with Gasteiger partial charge in [0.2, 0.25) is 5.91 Å². The summed E-state index contributed by atoms with van der Waals surface area (Å²) < 4.78 is 5.44. The Morgan fingerprint density at radius 2 is 1.87 bits per heavy atom. The lowest BCUT2D eigenvalue weighted by molar-refractivity contribution is -0.133. The molecule has 1 fully saturated rings. The van der Waals surface area contributed by atoms with Gasteiger partial charge in [-0.1, -0.05) is 19.1 Å². The summed E-state index contributed by atoms with van der Waals surface area (Å²) in [5.74, 6) is 1.05. The Hall–Kier alpha value is -2.06. The number of hydrogen-bond donors (Lipinski definition) is 0. The third-order valence-corrected chi connectivity index (χ3v) is 4.13. The van der Waals surface area contributed by atoms with Crippen LogP contribution in [0.5, 0.6) is 5.75 Å². The molecule has 0 N–H and O–H groups in total. The molecule has 0 aromatic heterocycles. The maximum absolute atomic E-state index is 11.9. The lowest BCUT2D eigenvalue weighted by Gasteiger charge is -2.37. The van der Waals surface area contributed by atoms with Gasteiger partial charge in [0.1, 0.15) is 11.8 Å². The second kappa shape index (κ2) is 8.54. The standard InChI is InChI=1S/C18H25N3O2/c1-3-5-18(22)21-12-10-20(11-13-21)17(14-19)15-6-8-16(9-7-15)23-4-2/h6-9,17H,3-5,10-13H2,1-2H3. The highest BCUT2D eigenvalue weighted by Crippen LogP contribution is 2.24. The van der Waals surface area contributed by atoms with E-state index in [1.54, 1.807) is 0 Å². The molecule has 5 nitrogen and oxygen atoms in total. The molecule has 0 bridgehead atoms. The molecule has 1 unspecified atom stereocenters. The monoisotopic (exact) mass is 315 g/mol. The predicted molar refractivity (Wildman–Crippen MR) is 89.0 cm³/mol. The largest absolute Gasteiger partial charge is 0.494 e. The minimum Gasteiger partial charge on any atom is -0.494 e. The van der Waals surface area contributed by atoms with Crippen molar-refractivity contribution in [3.8, 4) is 11.8 Å². The number of ether oxygens (including phenoxy) is 1. The first-order valence-corrected chi connectivity index (χ1v) is 8.33. The lowest BCUT2D eigenvalue weighted by atomic mass is 10.1. The predicted octanol–water partition coefficient (Wildman–Crippen LogP) is 2.59. The molecule has 0 aliphatic carbocycles. The summed E-state index contributed by atoms with van der Waals surface area (Å²) in [5, 5.41) is 9.56. The fourth-order valence-corrected chi connectivity index (χ4v) is 2.88. The van der Waals surface area contributed by atoms with Gasteiger partial charge in [0.15, 0.2) is 0 Å². The van der Waals surface area contributed by atoms with E-state index in [0.29, 0.717) is 26.1 Å². The number of piperazine rings is 1. The van der Waals surface area contributed by atoms with Gasteiger partial charge in [0.25, 0.3) is 0 Å². The summed E-state index contributed by atoms with van der Waals surface area (Å²) in [6, 6.07) is 9.84. The maximum Gasteiger partial charge on any atom is 0.222 e. The Balaban J connectivity index is 1.97. The second-order valence-corrected chi connectivity index (χ2v) is 5.70. The van der Waals surface area contributed by atoms with Crippen LogP contribution in [0.2, 0.25) is 0 Å². The van der Waals surface area contributed by atoms with Crippen molar-refractivity contribution in [2.45, 2.75) is 32.7 Å². The molecule has 0 spiro atoms. The third-order valence-electron chi connectivity index (χ3n) is 4.13. The molecule has 1 aliphatic rings. The van der Waals surface area contributed by atoms with E-state index in [4.69, 9.17) is 4.74 Å². The van der Waals surface area contributed by atoms with Crippen molar-refractivity contribution < 1.29 is 9.53 Å². The maximum atomic E-state index is 11.9. The molecule has 23 heavy (non-hydrogen) atoms. The van der Waals surface area contributed by atoms with Crippen LogP contribution in [0, 0.1) is 11.3 Å². The van der Waals surface area contributed by atoms with Gasteiger partial charge < -0.3 is 9.64 Å². The molecule has 1 aromatic carbocycles. The average molecular weight is 315 g/mol. The SMILES string of the molecule is CCCC(=O)N1CCN(C(C#N)c2ccc(OCC)cc2)CC1. The van der Waals surface area contributed by atoms with Crippen LogP contribution in [0.3, 0.4) is 0 Å². The van der Waals surface area contributed by atoms with Gasteiger partial charge in [0, 0.05) is 32.6 Å². The highest BCUT2D eigenvalue weighted by atomic mass is 16.5. The van der Waals surface area contributed by atoms with Gasteiger partial charge in [-0.2, -0.15) is 5.26 Å². The molecule has 1 amide bonds. The molecule has 1 saturated heterocycles. The van der Waals surface area contributed by atoms with Crippen LogP contribution in [0.4, 0.5) is 0 Å². The highest BCUT2D eigenvalue weighted by Gasteiger charge is 2.26. The minimum atomic E-state index is -0.269. The van der Waals surface area contributed by atoms with E-state index in [2.05, 4.69) is 11.0 Å². The zero-order valence-electron chi connectivity index (χ0n) is 14.0. The first-order valence-electron chi connectivity index (χ1n) is 8.33. The van der Waals surface area contributed by atoms with Crippen LogP contribution >= 0.6 is 0 Å². The van der Waals surface area contributed by atoms with E-state index in [9.17, 15) is 10.1 Å². The van der Waals surface area contributed by atoms with Crippen LogP contribution in [-0.2, 0) is 4.79 Å². The summed E-state index contributed by atoms with van der Waals surface area (Å²) in [4.78, 5) is 16.0. The van der Waals surface area contributed by atoms with E-state index >= 15 is 0 Å². The number of nitrogens with zero attached hydrogens (tertiary/aromatic N) is 3. The van der Waals surface area contributed by atoms with Crippen molar-refractivity contribution in [2.24, 2.45) is 0 Å². The number of rotatable bonds is 6. The normalized spacial score (nSPS) is 16.7. The van der Waals surface area contributed by atoms with Crippen molar-refractivity contribution in [3.63, 3.8) is 0 Å². The summed E-state index contributed by atoms with van der Waals surface area (Å²) in [7, 11) is 0. The van der Waals surface area contributed by atoms with Crippen molar-refractivity contribution in [2.75, 3.05) is 32.8 Å². The van der Waals surface area contributed by atoms with Gasteiger partial charge >= 0.3 is 0 Å². The Labute approximate surface area is 138 Å². The van der Waals surface area contributed by atoms with Crippen LogP contribution < -0.4 is 4.74 Å². The summed E-state index contributed by atoms with van der Waals surface area (Å²) >= 11 is 0. The Kier molecular flexibility index (Phi) is 6.42. The first-order chi connectivity index (χ1) is 11.2. The summed E-state index contributed by atoms with van der Waals surface area (Å²) in [6.07, 6.45) is 1.49. The van der Waals surface area contributed by atoms with Gasteiger partial charge in [-0.25, -0.2) is 0 Å². The number of benzene rings is 1. The molecule has 1 atom stereocenters. The molecular weight excluding hydrogens is 290 g/mol. The number of amides is 1. The van der Waals surface area contributed by atoms with E-state index in [-0.39, 0.29) is 11.9 Å². The lowest BCUT2D eigenvalue weighted by Crippen LogP contribution is -2.49. The molecule has 5 heteroatoms. The first kappa shape index (κ1) is 17.3. The van der Waals surface area contributed by atoms with E-state index in [1.807, 2.05) is 43.0 Å². The minimum absolute atomic E-state index is 0.224. The van der Waals surface area contributed by atoms with Crippen LogP contribution in [-0.4, -0.2) is 48.5 Å². The molecule has 2 rings (SSSR count). The van der Waals surface area contributed by atoms with Crippen LogP contribution in [0.15, 0.2) is 24.3 Å². The Bertz CT molecular complexity index is 542. The van der Waals surface area contributed by atoms with Crippen molar-refractivity contribution in [1.29, 1.82) is 5.26 Å². The number of hydrogen-bond acceptors (Lipinski definition) is 4. The molecule has 124 valence electrons. The second-order valence-electron chi connectivity index (χ2n) is 5.70. The van der Waals surface area contributed by atoms with Crippen molar-refractivity contribution >= 4 is 5.91 Å². The summed E-state index contributed by atoms with van der Waals surface area (Å²) in [5.41, 5.74) is 0.976. The molecular formula is C18H25N3O2. The topological polar surface area (TPSA) is 56.6 Å². The van der Waals surface area contributed by atoms with E-state index in [1.165, 1.54) is 0 Å². The number of carbonyl (C=O) groups is 1. The van der Waals surface area contributed by atoms with Crippen LogP contribution in [0.25, 0.3) is 0 Å². The average Bonchev–Trinajstić information content (AvgIpc) is 2.58. The smallest absolute Gasteiger partial charge is 0.222 e. The van der Waals surface area contributed by atoms with E-state index in [0.717, 1.165) is 30.8 Å².